The highest BCUT2D eigenvalue weighted by Gasteiger charge is 2.26. The van der Waals surface area contributed by atoms with Crippen LogP contribution >= 0.6 is 0 Å². The van der Waals surface area contributed by atoms with Crippen LogP contribution in [0.5, 0.6) is 11.8 Å². The Morgan fingerprint density at radius 2 is 1.96 bits per heavy atom. The molecule has 0 unspecified atom stereocenters. The molecule has 126 valence electrons. The van der Waals surface area contributed by atoms with Gasteiger partial charge in [-0.05, 0) is 18.4 Å². The number of carbonyl (C=O) groups is 1. The van der Waals surface area contributed by atoms with Gasteiger partial charge in [0.1, 0.15) is 6.10 Å². The number of nitrogens with zero attached hydrogens (tertiary/aromatic N) is 3. The van der Waals surface area contributed by atoms with Crippen LogP contribution in [0.15, 0.2) is 42.7 Å². The van der Waals surface area contributed by atoms with E-state index >= 15 is 0 Å². The molecule has 0 aliphatic carbocycles. The summed E-state index contributed by atoms with van der Waals surface area (Å²) in [5.74, 6) is 0.869. The minimum atomic E-state index is -0.0935. The molecular formula is C18H21N3O3. The third kappa shape index (κ3) is 4.01. The third-order valence-corrected chi connectivity index (χ3v) is 4.03. The van der Waals surface area contributed by atoms with Gasteiger partial charge < -0.3 is 14.4 Å². The van der Waals surface area contributed by atoms with Gasteiger partial charge in [-0.3, -0.25) is 4.79 Å². The normalized spacial score (nSPS) is 17.4. The van der Waals surface area contributed by atoms with Crippen molar-refractivity contribution in [2.75, 3.05) is 20.2 Å². The van der Waals surface area contributed by atoms with E-state index in [1.165, 1.54) is 7.11 Å². The minimum Gasteiger partial charge on any atom is -0.477 e. The monoisotopic (exact) mass is 327 g/mol. The number of ether oxygens (including phenoxy) is 2. The molecule has 6 nitrogen and oxygen atoms in total. The fourth-order valence-corrected chi connectivity index (χ4v) is 2.83. The van der Waals surface area contributed by atoms with Gasteiger partial charge in [-0.25, -0.2) is 9.97 Å². The highest BCUT2D eigenvalue weighted by atomic mass is 16.5. The number of benzene rings is 1. The maximum atomic E-state index is 12.5. The maximum Gasteiger partial charge on any atom is 0.278 e. The topological polar surface area (TPSA) is 64.6 Å². The van der Waals surface area contributed by atoms with E-state index in [4.69, 9.17) is 9.47 Å². The van der Waals surface area contributed by atoms with E-state index in [2.05, 4.69) is 9.97 Å². The third-order valence-electron chi connectivity index (χ3n) is 4.03. The lowest BCUT2D eigenvalue weighted by Gasteiger charge is -2.32. The first-order chi connectivity index (χ1) is 11.8. The SMILES string of the molecule is COc1nccnc1O[C@@H]1CCCN(C(=O)Cc2ccccc2)C1. The maximum absolute atomic E-state index is 12.5. The van der Waals surface area contributed by atoms with Crippen molar-refractivity contribution in [3.63, 3.8) is 0 Å². The van der Waals surface area contributed by atoms with Crippen molar-refractivity contribution in [1.29, 1.82) is 0 Å². The molecule has 24 heavy (non-hydrogen) atoms. The fourth-order valence-electron chi connectivity index (χ4n) is 2.83. The second-order valence-corrected chi connectivity index (χ2v) is 5.75. The highest BCUT2D eigenvalue weighted by Crippen LogP contribution is 2.24. The lowest BCUT2D eigenvalue weighted by Crippen LogP contribution is -2.45. The summed E-state index contributed by atoms with van der Waals surface area (Å²) in [5, 5.41) is 0. The van der Waals surface area contributed by atoms with E-state index in [9.17, 15) is 4.79 Å². The van der Waals surface area contributed by atoms with Gasteiger partial charge >= 0.3 is 0 Å². The summed E-state index contributed by atoms with van der Waals surface area (Å²) in [6.45, 7) is 1.33. The number of hydrogen-bond acceptors (Lipinski definition) is 5. The predicted molar refractivity (Wildman–Crippen MR) is 89.0 cm³/mol. The molecule has 1 atom stereocenters. The fraction of sp³-hybridized carbons (Fsp3) is 0.389. The quantitative estimate of drug-likeness (QED) is 0.841. The molecule has 1 aliphatic rings. The molecule has 0 bridgehead atoms. The first kappa shape index (κ1) is 16.2. The predicted octanol–water partition coefficient (Wildman–Crippen LogP) is 2.10. The molecule has 3 rings (SSSR count). The summed E-state index contributed by atoms with van der Waals surface area (Å²) in [7, 11) is 1.54. The van der Waals surface area contributed by atoms with Crippen LogP contribution in [0, 0.1) is 0 Å². The molecule has 0 spiro atoms. The summed E-state index contributed by atoms with van der Waals surface area (Å²) in [6, 6.07) is 9.80. The Morgan fingerprint density at radius 3 is 2.71 bits per heavy atom. The Bertz CT molecular complexity index is 678. The van der Waals surface area contributed by atoms with Crippen LogP contribution in [-0.4, -0.2) is 47.1 Å². The Morgan fingerprint density at radius 1 is 1.21 bits per heavy atom. The van der Waals surface area contributed by atoms with Gasteiger partial charge in [0.25, 0.3) is 11.8 Å². The van der Waals surface area contributed by atoms with E-state index < -0.39 is 0 Å². The number of carbonyl (C=O) groups excluding carboxylic acids is 1. The van der Waals surface area contributed by atoms with Crippen LogP contribution in [0.2, 0.25) is 0 Å². The van der Waals surface area contributed by atoms with Gasteiger partial charge in [0.2, 0.25) is 5.91 Å². The first-order valence-corrected chi connectivity index (χ1v) is 8.09. The number of rotatable bonds is 5. The average Bonchev–Trinajstić information content (AvgIpc) is 2.63. The van der Waals surface area contributed by atoms with Crippen LogP contribution in [0.4, 0.5) is 0 Å². The summed E-state index contributed by atoms with van der Waals surface area (Å²) in [4.78, 5) is 22.6. The van der Waals surface area contributed by atoms with Crippen molar-refractivity contribution in [2.24, 2.45) is 0 Å². The molecule has 1 aromatic carbocycles. The van der Waals surface area contributed by atoms with Crippen LogP contribution in [0.1, 0.15) is 18.4 Å². The smallest absolute Gasteiger partial charge is 0.278 e. The number of aromatic nitrogens is 2. The standard InChI is InChI=1S/C18H21N3O3/c1-23-17-18(20-10-9-19-17)24-15-8-5-11-21(13-15)16(22)12-14-6-3-2-4-7-14/h2-4,6-7,9-10,15H,5,8,11-13H2,1H3/t15-/m1/s1. The molecule has 1 amide bonds. The molecule has 1 aromatic heterocycles. The zero-order valence-corrected chi connectivity index (χ0v) is 13.7. The van der Waals surface area contributed by atoms with Crippen molar-refractivity contribution in [1.82, 2.24) is 14.9 Å². The number of methoxy groups -OCH3 is 1. The van der Waals surface area contributed by atoms with Gasteiger partial charge in [0, 0.05) is 18.9 Å². The molecule has 0 radical (unpaired) electrons. The van der Waals surface area contributed by atoms with Crippen LogP contribution in [-0.2, 0) is 11.2 Å². The zero-order valence-electron chi connectivity index (χ0n) is 13.7. The Kier molecular flexibility index (Phi) is 5.25. The molecule has 0 saturated carbocycles. The molecule has 2 heterocycles. The Hall–Kier alpha value is -2.63. The van der Waals surface area contributed by atoms with Gasteiger partial charge in [-0.1, -0.05) is 30.3 Å². The van der Waals surface area contributed by atoms with Gasteiger partial charge in [-0.2, -0.15) is 0 Å². The summed E-state index contributed by atoms with van der Waals surface area (Å²) in [6.07, 6.45) is 5.25. The lowest BCUT2D eigenvalue weighted by atomic mass is 10.1. The van der Waals surface area contributed by atoms with Gasteiger partial charge in [0.05, 0.1) is 20.1 Å². The number of piperidine rings is 1. The zero-order chi connectivity index (χ0) is 16.8. The second kappa shape index (κ2) is 7.77. The summed E-state index contributed by atoms with van der Waals surface area (Å²) < 4.78 is 11.1. The van der Waals surface area contributed by atoms with E-state index in [-0.39, 0.29) is 12.0 Å². The van der Waals surface area contributed by atoms with Crippen molar-refractivity contribution in [3.05, 3.63) is 48.3 Å². The van der Waals surface area contributed by atoms with Gasteiger partial charge in [0.15, 0.2) is 0 Å². The average molecular weight is 327 g/mol. The van der Waals surface area contributed by atoms with Crippen molar-refractivity contribution in [2.45, 2.75) is 25.4 Å². The molecule has 2 aromatic rings. The second-order valence-electron chi connectivity index (χ2n) is 5.75. The number of likely N-dealkylation sites (tertiary alicyclic amines) is 1. The van der Waals surface area contributed by atoms with Crippen molar-refractivity contribution < 1.29 is 14.3 Å². The Labute approximate surface area is 141 Å². The van der Waals surface area contributed by atoms with Crippen LogP contribution in [0.3, 0.4) is 0 Å². The molecular weight excluding hydrogens is 306 g/mol. The molecule has 1 saturated heterocycles. The van der Waals surface area contributed by atoms with Crippen molar-refractivity contribution in [3.8, 4) is 11.8 Å². The molecule has 0 N–H and O–H groups in total. The van der Waals surface area contributed by atoms with E-state index in [0.29, 0.717) is 24.7 Å². The Balaban J connectivity index is 1.61. The van der Waals surface area contributed by atoms with Crippen molar-refractivity contribution >= 4 is 5.91 Å². The summed E-state index contributed by atoms with van der Waals surface area (Å²) in [5.41, 5.74) is 1.03. The minimum absolute atomic E-state index is 0.0935. The molecule has 6 heteroatoms. The van der Waals surface area contributed by atoms with E-state index in [1.54, 1.807) is 12.4 Å². The highest BCUT2D eigenvalue weighted by molar-refractivity contribution is 5.78. The molecule has 1 fully saturated rings. The number of hydrogen-bond donors (Lipinski definition) is 0. The van der Waals surface area contributed by atoms with E-state index in [0.717, 1.165) is 24.9 Å². The van der Waals surface area contributed by atoms with E-state index in [1.807, 2.05) is 35.2 Å². The summed E-state index contributed by atoms with van der Waals surface area (Å²) >= 11 is 0. The van der Waals surface area contributed by atoms with Crippen LogP contribution in [0.25, 0.3) is 0 Å². The largest absolute Gasteiger partial charge is 0.477 e. The lowest BCUT2D eigenvalue weighted by molar-refractivity contribution is -0.133. The first-order valence-electron chi connectivity index (χ1n) is 8.09. The molecule has 1 aliphatic heterocycles. The number of amides is 1. The van der Waals surface area contributed by atoms with Crippen LogP contribution < -0.4 is 9.47 Å². The van der Waals surface area contributed by atoms with Gasteiger partial charge in [-0.15, -0.1) is 0 Å².